The predicted octanol–water partition coefficient (Wildman–Crippen LogP) is 6.99. The van der Waals surface area contributed by atoms with Crippen LogP contribution in [0.3, 0.4) is 0 Å². The number of ether oxygens (including phenoxy) is 3. The summed E-state index contributed by atoms with van der Waals surface area (Å²) in [5.74, 6) is -2.04. The minimum atomic E-state index is -0.597. The van der Waals surface area contributed by atoms with Crippen LogP contribution in [0.1, 0.15) is 121 Å². The quantitative estimate of drug-likeness (QED) is 0.103. The molecule has 9 atom stereocenters. The number of methoxy groups -OCH3 is 2. The first-order chi connectivity index (χ1) is 28.0. The maximum absolute atomic E-state index is 14.4. The molecule has 1 aliphatic heterocycles. The number of nitrogens with two attached hydrogens (primary N) is 1. The maximum atomic E-state index is 14.4. The standard InChI is InChI=1S/C46H72N4O8S/c1-12-30(6)42(49(9)45(54)35(29(4)5)25-39(52)31(7)28(2)3)40(56-10)26-41(53)50-21-16-19-37(50)43(57-11)32(8)38(51)24-34(23-33-17-14-13-15-18-33)44-48-36(27-59-44)46(55)58-22-20-47/h13-15,17-18,27-32,34-35,37,40,42-43H,12,16,19-26,47H2,1-11H3/t30-,31-,32-,34+,35-,37-,40+,42-,43+/m0/s1. The number of Topliss-reactive ketones (excluding diaryl/α,β-unsaturated/α-hetero) is 2. The minimum Gasteiger partial charge on any atom is -0.460 e. The highest BCUT2D eigenvalue weighted by Crippen LogP contribution is 2.34. The number of ketones is 2. The Morgan fingerprint density at radius 1 is 0.915 bits per heavy atom. The largest absolute Gasteiger partial charge is 0.460 e. The number of esters is 1. The summed E-state index contributed by atoms with van der Waals surface area (Å²) in [5, 5.41) is 2.33. The van der Waals surface area contributed by atoms with Gasteiger partial charge in [-0.05, 0) is 42.6 Å². The number of hydrogen-bond acceptors (Lipinski definition) is 11. The van der Waals surface area contributed by atoms with Crippen molar-refractivity contribution >= 4 is 40.7 Å². The highest BCUT2D eigenvalue weighted by atomic mass is 32.1. The molecule has 0 spiro atoms. The predicted molar refractivity (Wildman–Crippen MR) is 232 cm³/mol. The second kappa shape index (κ2) is 24.1. The van der Waals surface area contributed by atoms with Crippen LogP contribution in [0, 0.1) is 35.5 Å². The Morgan fingerprint density at radius 2 is 1.58 bits per heavy atom. The van der Waals surface area contributed by atoms with Crippen molar-refractivity contribution < 1.29 is 38.2 Å². The van der Waals surface area contributed by atoms with Crippen molar-refractivity contribution in [2.75, 3.05) is 41.0 Å². The van der Waals surface area contributed by atoms with Crippen molar-refractivity contribution in [2.45, 2.75) is 131 Å². The number of carbonyl (C=O) groups is 5. The van der Waals surface area contributed by atoms with Crippen molar-refractivity contribution in [1.82, 2.24) is 14.8 Å². The lowest BCUT2D eigenvalue weighted by Crippen LogP contribution is -2.54. The van der Waals surface area contributed by atoms with E-state index in [1.54, 1.807) is 31.5 Å². The molecule has 1 aliphatic rings. The molecule has 1 fully saturated rings. The van der Waals surface area contributed by atoms with Crippen LogP contribution in [0.25, 0.3) is 0 Å². The van der Waals surface area contributed by atoms with Crippen LogP contribution in [0.4, 0.5) is 0 Å². The average Bonchev–Trinajstić information content (AvgIpc) is 3.92. The lowest BCUT2D eigenvalue weighted by Gasteiger charge is -2.41. The molecule has 13 heteroatoms. The van der Waals surface area contributed by atoms with Gasteiger partial charge in [-0.15, -0.1) is 11.3 Å². The lowest BCUT2D eigenvalue weighted by atomic mass is 9.82. The fourth-order valence-corrected chi connectivity index (χ4v) is 9.24. The van der Waals surface area contributed by atoms with Crippen LogP contribution >= 0.6 is 11.3 Å². The van der Waals surface area contributed by atoms with Gasteiger partial charge in [-0.1, -0.05) is 92.1 Å². The molecule has 12 nitrogen and oxygen atoms in total. The van der Waals surface area contributed by atoms with E-state index in [0.29, 0.717) is 24.4 Å². The number of carbonyl (C=O) groups excluding carboxylic acids is 5. The van der Waals surface area contributed by atoms with E-state index >= 15 is 0 Å². The van der Waals surface area contributed by atoms with E-state index in [4.69, 9.17) is 19.9 Å². The van der Waals surface area contributed by atoms with Gasteiger partial charge in [0.25, 0.3) is 0 Å². The number of rotatable bonds is 25. The van der Waals surface area contributed by atoms with Crippen LogP contribution < -0.4 is 5.73 Å². The Morgan fingerprint density at radius 3 is 2.15 bits per heavy atom. The van der Waals surface area contributed by atoms with Gasteiger partial charge in [0.2, 0.25) is 11.8 Å². The average molecular weight is 841 g/mol. The molecule has 2 amide bonds. The molecule has 2 aromatic rings. The molecule has 2 N–H and O–H groups in total. The number of hydrogen-bond donors (Lipinski definition) is 1. The van der Waals surface area contributed by atoms with Gasteiger partial charge in [0.15, 0.2) is 5.69 Å². The molecule has 1 aromatic heterocycles. The summed E-state index contributed by atoms with van der Waals surface area (Å²) in [7, 11) is 4.95. The molecule has 3 rings (SSSR count). The van der Waals surface area contributed by atoms with E-state index in [2.05, 4.69) is 18.8 Å². The van der Waals surface area contributed by atoms with Gasteiger partial charge in [0.05, 0.1) is 35.7 Å². The van der Waals surface area contributed by atoms with Gasteiger partial charge in [0.1, 0.15) is 18.2 Å². The van der Waals surface area contributed by atoms with Crippen LogP contribution in [0.5, 0.6) is 0 Å². The third-order valence-electron chi connectivity index (χ3n) is 12.6. The summed E-state index contributed by atoms with van der Waals surface area (Å²) >= 11 is 1.33. The zero-order valence-corrected chi connectivity index (χ0v) is 38.3. The molecule has 0 aliphatic carbocycles. The van der Waals surface area contributed by atoms with E-state index in [1.165, 1.54) is 11.3 Å². The third-order valence-corrected chi connectivity index (χ3v) is 13.6. The lowest BCUT2D eigenvalue weighted by molar-refractivity contribution is -0.149. The number of likely N-dealkylation sites (N-methyl/N-ethyl adjacent to an activating group) is 1. The van der Waals surface area contributed by atoms with Gasteiger partial charge in [-0.3, -0.25) is 19.2 Å². The first-order valence-corrected chi connectivity index (χ1v) is 22.4. The first-order valence-electron chi connectivity index (χ1n) is 21.5. The molecule has 0 saturated carbocycles. The zero-order valence-electron chi connectivity index (χ0n) is 37.5. The van der Waals surface area contributed by atoms with E-state index in [-0.39, 0.29) is 97.1 Å². The van der Waals surface area contributed by atoms with Gasteiger partial charge < -0.3 is 29.7 Å². The molecule has 330 valence electrons. The normalized spacial score (nSPS) is 18.5. The zero-order chi connectivity index (χ0) is 44.0. The van der Waals surface area contributed by atoms with Gasteiger partial charge >= 0.3 is 5.97 Å². The Bertz CT molecular complexity index is 1650. The summed E-state index contributed by atoms with van der Waals surface area (Å²) in [4.78, 5) is 76.8. The van der Waals surface area contributed by atoms with Crippen molar-refractivity contribution in [2.24, 2.45) is 41.2 Å². The monoisotopic (exact) mass is 841 g/mol. The molecular formula is C46H72N4O8S. The summed E-state index contributed by atoms with van der Waals surface area (Å²) in [5.41, 5.74) is 6.75. The molecule has 1 saturated heterocycles. The number of likely N-dealkylation sites (tertiary alicyclic amines) is 1. The van der Waals surface area contributed by atoms with E-state index in [9.17, 15) is 24.0 Å². The number of aromatic nitrogens is 1. The third kappa shape index (κ3) is 13.5. The Labute approximate surface area is 357 Å². The summed E-state index contributed by atoms with van der Waals surface area (Å²) in [6.45, 7) is 16.7. The Kier molecular flexibility index (Phi) is 20.3. The Balaban J connectivity index is 1.82. The van der Waals surface area contributed by atoms with Crippen LogP contribution in [-0.2, 0) is 39.8 Å². The second-order valence-electron chi connectivity index (χ2n) is 17.2. The fraction of sp³-hybridized carbons (Fsp3) is 0.696. The number of amides is 2. The van der Waals surface area contributed by atoms with Crippen molar-refractivity contribution in [1.29, 1.82) is 0 Å². The molecular weight excluding hydrogens is 769 g/mol. The highest BCUT2D eigenvalue weighted by Gasteiger charge is 2.43. The van der Waals surface area contributed by atoms with Crippen molar-refractivity contribution in [3.05, 3.63) is 52.0 Å². The molecule has 0 bridgehead atoms. The molecule has 59 heavy (non-hydrogen) atoms. The summed E-state index contributed by atoms with van der Waals surface area (Å²) < 4.78 is 17.3. The first kappa shape index (κ1) is 49.8. The number of nitrogens with zero attached hydrogens (tertiary/aromatic N) is 3. The number of benzene rings is 1. The van der Waals surface area contributed by atoms with E-state index in [1.807, 2.05) is 76.8 Å². The molecule has 0 radical (unpaired) electrons. The Hall–Kier alpha value is -3.52. The van der Waals surface area contributed by atoms with E-state index in [0.717, 1.165) is 18.4 Å². The van der Waals surface area contributed by atoms with Crippen molar-refractivity contribution in [3.8, 4) is 0 Å². The fourth-order valence-electron chi connectivity index (χ4n) is 8.35. The van der Waals surface area contributed by atoms with Gasteiger partial charge in [0, 0.05) is 76.3 Å². The molecule has 2 heterocycles. The minimum absolute atomic E-state index is 0.00729. The molecule has 1 aromatic carbocycles. The maximum Gasteiger partial charge on any atom is 0.357 e. The van der Waals surface area contributed by atoms with E-state index < -0.39 is 36.1 Å². The summed E-state index contributed by atoms with van der Waals surface area (Å²) in [6, 6.07) is 9.13. The van der Waals surface area contributed by atoms with Gasteiger partial charge in [-0.2, -0.15) is 0 Å². The SMILES string of the molecule is CC[C@H](C)[C@@H]([C@@H](CC(=O)N1CCC[C@H]1[C@H](OC)[C@@H](C)C(=O)C[C@@H](Cc1ccccc1)c1nc(C(=O)OCCN)cs1)OC)N(C)C(=O)[C@@H](CC(=O)[C@@H](C)C(C)C)C(C)C. The van der Waals surface area contributed by atoms with Crippen molar-refractivity contribution in [3.63, 3.8) is 0 Å². The van der Waals surface area contributed by atoms with Crippen LogP contribution in [0.2, 0.25) is 0 Å². The highest BCUT2D eigenvalue weighted by molar-refractivity contribution is 7.09. The van der Waals surface area contributed by atoms with Crippen LogP contribution in [-0.4, -0.2) is 109 Å². The number of thiazole rings is 1. The summed E-state index contributed by atoms with van der Waals surface area (Å²) in [6.07, 6.45) is 1.99. The van der Waals surface area contributed by atoms with Gasteiger partial charge in [-0.25, -0.2) is 9.78 Å². The van der Waals surface area contributed by atoms with Crippen LogP contribution in [0.15, 0.2) is 35.7 Å². The second-order valence-corrected chi connectivity index (χ2v) is 18.1. The topological polar surface area (TPSA) is 158 Å². The molecule has 0 unspecified atom stereocenters. The smallest absolute Gasteiger partial charge is 0.357 e.